The lowest BCUT2D eigenvalue weighted by atomic mass is 10.1. The number of carbonyl (C=O) groups excluding carboxylic acids is 1. The first-order valence-corrected chi connectivity index (χ1v) is 6.26. The standard InChI is InChI=1S/C13H11NO3S/c1-2-8-3-5-9(6-4-8)13-14-12(17)10(18-13)7-11(15)16/h3-7H,2H2,1H3,(H,15,16)/b10-7+. The van der Waals surface area contributed by atoms with Crippen LogP contribution < -0.4 is 0 Å². The number of rotatable bonds is 3. The van der Waals surface area contributed by atoms with Crippen molar-refractivity contribution in [3.8, 4) is 0 Å². The van der Waals surface area contributed by atoms with Gasteiger partial charge in [-0.2, -0.15) is 0 Å². The lowest BCUT2D eigenvalue weighted by Gasteiger charge is -2.00. The number of benzene rings is 1. The second-order valence-electron chi connectivity index (χ2n) is 3.72. The molecule has 0 bridgehead atoms. The van der Waals surface area contributed by atoms with Crippen molar-refractivity contribution in [3.05, 3.63) is 46.4 Å². The van der Waals surface area contributed by atoms with Crippen molar-refractivity contribution in [2.45, 2.75) is 13.3 Å². The third kappa shape index (κ3) is 2.68. The van der Waals surface area contributed by atoms with Gasteiger partial charge in [-0.05, 0) is 12.0 Å². The van der Waals surface area contributed by atoms with Crippen molar-refractivity contribution in [3.63, 3.8) is 0 Å². The molecule has 0 radical (unpaired) electrons. The van der Waals surface area contributed by atoms with E-state index in [1.807, 2.05) is 24.3 Å². The quantitative estimate of drug-likeness (QED) is 0.847. The summed E-state index contributed by atoms with van der Waals surface area (Å²) in [7, 11) is 0. The maximum Gasteiger partial charge on any atom is 0.329 e. The Morgan fingerprint density at radius 3 is 2.61 bits per heavy atom. The predicted octanol–water partition coefficient (Wildman–Crippen LogP) is 2.24. The topological polar surface area (TPSA) is 66.7 Å². The molecule has 92 valence electrons. The van der Waals surface area contributed by atoms with Gasteiger partial charge >= 0.3 is 5.97 Å². The van der Waals surface area contributed by atoms with Gasteiger partial charge in [0, 0.05) is 11.6 Å². The molecular weight excluding hydrogens is 250 g/mol. The Kier molecular flexibility index (Phi) is 3.62. The first-order chi connectivity index (χ1) is 8.60. The molecule has 0 saturated carbocycles. The van der Waals surface area contributed by atoms with Crippen molar-refractivity contribution in [1.82, 2.24) is 0 Å². The van der Waals surface area contributed by atoms with E-state index in [1.54, 1.807) is 0 Å². The van der Waals surface area contributed by atoms with E-state index in [0.29, 0.717) is 5.04 Å². The first-order valence-electron chi connectivity index (χ1n) is 5.45. The molecule has 0 aromatic heterocycles. The van der Waals surface area contributed by atoms with E-state index in [0.717, 1.165) is 29.8 Å². The van der Waals surface area contributed by atoms with E-state index in [4.69, 9.17) is 5.11 Å². The van der Waals surface area contributed by atoms with Crippen LogP contribution in [0.1, 0.15) is 18.1 Å². The Balaban J connectivity index is 2.23. The van der Waals surface area contributed by atoms with Crippen LogP contribution in [0.25, 0.3) is 0 Å². The van der Waals surface area contributed by atoms with Gasteiger partial charge in [-0.1, -0.05) is 43.0 Å². The number of aryl methyl sites for hydroxylation is 1. The maximum atomic E-state index is 11.5. The van der Waals surface area contributed by atoms with Gasteiger partial charge in [0.05, 0.1) is 4.91 Å². The Bertz CT molecular complexity index is 558. The van der Waals surface area contributed by atoms with Gasteiger partial charge in [-0.15, -0.1) is 0 Å². The molecule has 2 rings (SSSR count). The lowest BCUT2D eigenvalue weighted by Crippen LogP contribution is -1.94. The van der Waals surface area contributed by atoms with Crippen LogP contribution in [0.15, 0.2) is 40.2 Å². The van der Waals surface area contributed by atoms with Crippen LogP contribution in [0.5, 0.6) is 0 Å². The van der Waals surface area contributed by atoms with Gasteiger partial charge in [0.2, 0.25) is 0 Å². The Labute approximate surface area is 108 Å². The molecule has 4 nitrogen and oxygen atoms in total. The van der Waals surface area contributed by atoms with Gasteiger partial charge in [-0.25, -0.2) is 9.79 Å². The van der Waals surface area contributed by atoms with Crippen molar-refractivity contribution in [1.29, 1.82) is 0 Å². The van der Waals surface area contributed by atoms with Crippen LogP contribution in [0, 0.1) is 0 Å². The Morgan fingerprint density at radius 2 is 2.06 bits per heavy atom. The van der Waals surface area contributed by atoms with Crippen molar-refractivity contribution >= 4 is 28.7 Å². The van der Waals surface area contributed by atoms with Gasteiger partial charge in [-0.3, -0.25) is 4.79 Å². The van der Waals surface area contributed by atoms with Crippen LogP contribution in [0.4, 0.5) is 0 Å². The number of carbonyl (C=O) groups is 2. The zero-order chi connectivity index (χ0) is 13.1. The summed E-state index contributed by atoms with van der Waals surface area (Å²) in [6.45, 7) is 2.06. The number of aliphatic carboxylic acids is 1. The van der Waals surface area contributed by atoms with E-state index in [2.05, 4.69) is 11.9 Å². The third-order valence-corrected chi connectivity index (χ3v) is 3.52. The second-order valence-corrected chi connectivity index (χ2v) is 4.75. The number of thioether (sulfide) groups is 1. The van der Waals surface area contributed by atoms with Gasteiger partial charge in [0.1, 0.15) is 5.04 Å². The van der Waals surface area contributed by atoms with Gasteiger partial charge in [0.15, 0.2) is 0 Å². The fourth-order valence-corrected chi connectivity index (χ4v) is 2.41. The molecule has 1 heterocycles. The summed E-state index contributed by atoms with van der Waals surface area (Å²) >= 11 is 1.09. The molecule has 0 atom stereocenters. The average Bonchev–Trinajstić information content (AvgIpc) is 2.70. The monoisotopic (exact) mass is 261 g/mol. The molecule has 1 aromatic carbocycles. The Hall–Kier alpha value is -1.88. The number of aliphatic imine (C=N–C) groups is 1. The summed E-state index contributed by atoms with van der Waals surface area (Å²) in [6.07, 6.45) is 1.84. The molecule has 1 aromatic rings. The summed E-state index contributed by atoms with van der Waals surface area (Å²) < 4.78 is 0. The zero-order valence-electron chi connectivity index (χ0n) is 9.71. The molecule has 0 aliphatic carbocycles. The molecule has 0 unspecified atom stereocenters. The van der Waals surface area contributed by atoms with Crippen LogP contribution in [0.3, 0.4) is 0 Å². The smallest absolute Gasteiger partial charge is 0.329 e. The average molecular weight is 261 g/mol. The predicted molar refractivity (Wildman–Crippen MR) is 70.7 cm³/mol. The SMILES string of the molecule is CCc1ccc(C2=NC(=O)/C(=C\C(=O)O)S2)cc1. The highest BCUT2D eigenvalue weighted by Gasteiger charge is 2.23. The van der Waals surface area contributed by atoms with Gasteiger partial charge in [0.25, 0.3) is 5.91 Å². The third-order valence-electron chi connectivity index (χ3n) is 2.48. The maximum absolute atomic E-state index is 11.5. The molecule has 1 N–H and O–H groups in total. The van der Waals surface area contributed by atoms with Crippen molar-refractivity contribution in [2.24, 2.45) is 4.99 Å². The fourth-order valence-electron chi connectivity index (χ4n) is 1.53. The summed E-state index contributed by atoms with van der Waals surface area (Å²) in [4.78, 5) is 26.0. The molecule has 5 heteroatoms. The molecule has 1 aliphatic heterocycles. The lowest BCUT2D eigenvalue weighted by molar-refractivity contribution is -0.131. The highest BCUT2D eigenvalue weighted by Crippen LogP contribution is 2.30. The number of nitrogens with zero attached hydrogens (tertiary/aromatic N) is 1. The molecular formula is C13H11NO3S. The van der Waals surface area contributed by atoms with E-state index in [1.165, 1.54) is 5.56 Å². The van der Waals surface area contributed by atoms with Crippen LogP contribution >= 0.6 is 11.8 Å². The number of hydrogen-bond donors (Lipinski definition) is 1. The zero-order valence-corrected chi connectivity index (χ0v) is 10.5. The minimum Gasteiger partial charge on any atom is -0.478 e. The highest BCUT2D eigenvalue weighted by atomic mass is 32.2. The highest BCUT2D eigenvalue weighted by molar-refractivity contribution is 8.19. The fraction of sp³-hybridized carbons (Fsp3) is 0.154. The minimum atomic E-state index is -1.14. The normalized spacial score (nSPS) is 17.1. The molecule has 1 amide bonds. The van der Waals surface area contributed by atoms with E-state index in [9.17, 15) is 9.59 Å². The summed E-state index contributed by atoms with van der Waals surface area (Å²) in [5.74, 6) is -1.62. The first kappa shape index (κ1) is 12.6. The second kappa shape index (κ2) is 5.18. The molecule has 0 spiro atoms. The van der Waals surface area contributed by atoms with Crippen molar-refractivity contribution < 1.29 is 14.7 Å². The Morgan fingerprint density at radius 1 is 1.39 bits per heavy atom. The molecule has 0 saturated heterocycles. The van der Waals surface area contributed by atoms with E-state index < -0.39 is 11.9 Å². The molecule has 0 fully saturated rings. The number of carboxylic acids is 1. The minimum absolute atomic E-state index is 0.150. The van der Waals surface area contributed by atoms with Crippen molar-refractivity contribution in [2.75, 3.05) is 0 Å². The molecule has 1 aliphatic rings. The summed E-state index contributed by atoms with van der Waals surface area (Å²) in [5, 5.41) is 9.17. The molecule has 18 heavy (non-hydrogen) atoms. The van der Waals surface area contributed by atoms with Gasteiger partial charge < -0.3 is 5.11 Å². The summed E-state index contributed by atoms with van der Waals surface area (Å²) in [6, 6.07) is 7.73. The number of amides is 1. The largest absolute Gasteiger partial charge is 0.478 e. The van der Waals surface area contributed by atoms with E-state index in [-0.39, 0.29) is 4.91 Å². The number of carboxylic acid groups (broad SMARTS) is 1. The summed E-state index contributed by atoms with van der Waals surface area (Å²) in [5.41, 5.74) is 2.04. The van der Waals surface area contributed by atoms with E-state index >= 15 is 0 Å². The van der Waals surface area contributed by atoms with Crippen LogP contribution in [0.2, 0.25) is 0 Å². The van der Waals surface area contributed by atoms with Crippen LogP contribution in [-0.4, -0.2) is 22.0 Å². The van der Waals surface area contributed by atoms with Crippen LogP contribution in [-0.2, 0) is 16.0 Å². The number of hydrogen-bond acceptors (Lipinski definition) is 3.